The summed E-state index contributed by atoms with van der Waals surface area (Å²) in [4.78, 5) is 14.0. The van der Waals surface area contributed by atoms with E-state index in [0.29, 0.717) is 23.3 Å². The lowest BCUT2D eigenvalue weighted by Gasteiger charge is -2.42. The Kier molecular flexibility index (Phi) is 4.88. The number of hydrogen-bond acceptors (Lipinski definition) is 3. The molecule has 1 amide bonds. The van der Waals surface area contributed by atoms with Crippen molar-refractivity contribution in [3.8, 4) is 5.75 Å². The molecule has 4 nitrogen and oxygen atoms in total. The minimum absolute atomic E-state index is 0.0600. The molecule has 6 heteroatoms. The van der Waals surface area contributed by atoms with Crippen LogP contribution in [0.4, 0.5) is 4.39 Å². The predicted molar refractivity (Wildman–Crippen MR) is 82.5 cm³/mol. The molecule has 0 radical (unpaired) electrons. The Bertz CT molecular complexity index is 536. The Morgan fingerprint density at radius 1 is 1.57 bits per heavy atom. The maximum Gasteiger partial charge on any atom is 0.260 e. The van der Waals surface area contributed by atoms with Crippen LogP contribution in [0, 0.1) is 11.2 Å². The topological polar surface area (TPSA) is 55.6 Å². The van der Waals surface area contributed by atoms with E-state index < -0.39 is 0 Å². The highest BCUT2D eigenvalue weighted by Crippen LogP contribution is 2.28. The summed E-state index contributed by atoms with van der Waals surface area (Å²) in [5.41, 5.74) is 5.97. The molecule has 1 fully saturated rings. The highest BCUT2D eigenvalue weighted by molar-refractivity contribution is 9.10. The van der Waals surface area contributed by atoms with Crippen LogP contribution in [-0.2, 0) is 4.79 Å². The van der Waals surface area contributed by atoms with E-state index in [-0.39, 0.29) is 29.8 Å². The van der Waals surface area contributed by atoms with Gasteiger partial charge in [-0.3, -0.25) is 4.79 Å². The van der Waals surface area contributed by atoms with Gasteiger partial charge < -0.3 is 15.4 Å². The van der Waals surface area contributed by atoms with Crippen molar-refractivity contribution in [3.63, 3.8) is 0 Å². The second kappa shape index (κ2) is 6.32. The highest BCUT2D eigenvalue weighted by atomic mass is 79.9. The van der Waals surface area contributed by atoms with Crippen LogP contribution in [0.25, 0.3) is 0 Å². The van der Waals surface area contributed by atoms with E-state index in [1.54, 1.807) is 4.90 Å². The van der Waals surface area contributed by atoms with E-state index in [2.05, 4.69) is 29.8 Å². The van der Waals surface area contributed by atoms with Crippen molar-refractivity contribution in [3.05, 3.63) is 28.5 Å². The molecule has 0 bridgehead atoms. The number of amides is 1. The molecular formula is C15H20BrFN2O2. The zero-order chi connectivity index (χ0) is 15.6. The summed E-state index contributed by atoms with van der Waals surface area (Å²) in [6, 6.07) is 4.22. The first-order valence-electron chi connectivity index (χ1n) is 6.91. The number of halogens is 2. The summed E-state index contributed by atoms with van der Waals surface area (Å²) in [6.07, 6.45) is 0.791. The van der Waals surface area contributed by atoms with Gasteiger partial charge >= 0.3 is 0 Å². The fourth-order valence-corrected chi connectivity index (χ4v) is 2.88. The van der Waals surface area contributed by atoms with Gasteiger partial charge in [-0.15, -0.1) is 0 Å². The first kappa shape index (κ1) is 16.2. The first-order chi connectivity index (χ1) is 9.79. The van der Waals surface area contributed by atoms with Gasteiger partial charge in [-0.05, 0) is 46.0 Å². The van der Waals surface area contributed by atoms with Crippen molar-refractivity contribution >= 4 is 21.8 Å². The minimum Gasteiger partial charge on any atom is -0.483 e. The van der Waals surface area contributed by atoms with Crippen molar-refractivity contribution in [1.82, 2.24) is 4.90 Å². The Hall–Kier alpha value is -1.14. The fraction of sp³-hybridized carbons (Fsp3) is 0.533. The molecule has 1 atom stereocenters. The van der Waals surface area contributed by atoms with Gasteiger partial charge in [0.1, 0.15) is 11.6 Å². The second-order valence-electron chi connectivity index (χ2n) is 6.06. The van der Waals surface area contributed by atoms with E-state index in [9.17, 15) is 9.18 Å². The number of benzene rings is 1. The van der Waals surface area contributed by atoms with Crippen molar-refractivity contribution < 1.29 is 13.9 Å². The number of carbonyl (C=O) groups excluding carboxylic acids is 1. The lowest BCUT2D eigenvalue weighted by Crippen LogP contribution is -2.54. The molecular weight excluding hydrogens is 339 g/mol. The van der Waals surface area contributed by atoms with Crippen molar-refractivity contribution in [1.29, 1.82) is 0 Å². The largest absolute Gasteiger partial charge is 0.483 e. The Morgan fingerprint density at radius 3 is 2.90 bits per heavy atom. The van der Waals surface area contributed by atoms with Gasteiger partial charge in [-0.1, -0.05) is 13.8 Å². The molecule has 1 aromatic carbocycles. The molecule has 1 saturated heterocycles. The van der Waals surface area contributed by atoms with Crippen LogP contribution in [0.15, 0.2) is 22.7 Å². The maximum absolute atomic E-state index is 13.0. The molecule has 2 N–H and O–H groups in total. The number of piperidine rings is 1. The van der Waals surface area contributed by atoms with Gasteiger partial charge in [0.25, 0.3) is 5.91 Å². The van der Waals surface area contributed by atoms with Crippen molar-refractivity contribution in [2.45, 2.75) is 26.3 Å². The van der Waals surface area contributed by atoms with Crippen molar-refractivity contribution in [2.24, 2.45) is 11.1 Å². The molecule has 1 aliphatic heterocycles. The molecule has 1 aliphatic rings. The number of carbonyl (C=O) groups is 1. The number of likely N-dealkylation sites (tertiary alicyclic amines) is 1. The zero-order valence-corrected chi connectivity index (χ0v) is 13.8. The van der Waals surface area contributed by atoms with E-state index in [1.807, 2.05) is 0 Å². The first-order valence-corrected chi connectivity index (χ1v) is 7.70. The van der Waals surface area contributed by atoms with E-state index in [4.69, 9.17) is 10.5 Å². The van der Waals surface area contributed by atoms with Gasteiger partial charge in [0.15, 0.2) is 6.61 Å². The number of nitrogens with two attached hydrogens (primary N) is 1. The standard InChI is InChI=1S/C15H20BrFN2O2/c1-15(2)9-19(6-5-13(15)18)14(20)8-21-12-4-3-10(17)7-11(12)16/h3-4,7,13H,5-6,8-9,18H2,1-2H3. The molecule has 1 aromatic rings. The molecule has 116 valence electrons. The third kappa shape index (κ3) is 3.95. The van der Waals surface area contributed by atoms with Crippen molar-refractivity contribution in [2.75, 3.05) is 19.7 Å². The number of ether oxygens (including phenoxy) is 1. The summed E-state index contributed by atoms with van der Waals surface area (Å²) < 4.78 is 18.9. The molecule has 0 saturated carbocycles. The molecule has 1 heterocycles. The van der Waals surface area contributed by atoms with Gasteiger partial charge in [-0.2, -0.15) is 0 Å². The zero-order valence-electron chi connectivity index (χ0n) is 12.2. The smallest absolute Gasteiger partial charge is 0.260 e. The lowest BCUT2D eigenvalue weighted by atomic mass is 9.80. The minimum atomic E-state index is -0.354. The van der Waals surface area contributed by atoms with Crippen LogP contribution in [0.5, 0.6) is 5.75 Å². The summed E-state index contributed by atoms with van der Waals surface area (Å²) in [5, 5.41) is 0. The third-order valence-corrected chi connectivity index (χ3v) is 4.53. The molecule has 21 heavy (non-hydrogen) atoms. The second-order valence-corrected chi connectivity index (χ2v) is 6.92. The summed E-state index contributed by atoms with van der Waals surface area (Å²) in [5.74, 6) is 0.0243. The van der Waals surface area contributed by atoms with Gasteiger partial charge in [0.2, 0.25) is 0 Å². The van der Waals surface area contributed by atoms with E-state index in [0.717, 1.165) is 6.42 Å². The third-order valence-electron chi connectivity index (χ3n) is 3.91. The Morgan fingerprint density at radius 2 is 2.29 bits per heavy atom. The number of nitrogens with zero attached hydrogens (tertiary/aromatic N) is 1. The van der Waals surface area contributed by atoms with Crippen LogP contribution in [0.3, 0.4) is 0 Å². The van der Waals surface area contributed by atoms with Gasteiger partial charge in [-0.25, -0.2) is 4.39 Å². The summed E-state index contributed by atoms with van der Waals surface area (Å²) >= 11 is 3.21. The van der Waals surface area contributed by atoms with E-state index >= 15 is 0 Å². The van der Waals surface area contributed by atoms with Crippen LogP contribution in [0.2, 0.25) is 0 Å². The average molecular weight is 359 g/mol. The van der Waals surface area contributed by atoms with Gasteiger partial charge in [0, 0.05) is 19.1 Å². The maximum atomic E-state index is 13.0. The molecule has 2 rings (SSSR count). The lowest BCUT2D eigenvalue weighted by molar-refractivity contribution is -0.136. The normalized spacial score (nSPS) is 21.2. The fourth-order valence-electron chi connectivity index (χ4n) is 2.41. The average Bonchev–Trinajstić information content (AvgIpc) is 2.40. The van der Waals surface area contributed by atoms with Crippen LogP contribution in [0.1, 0.15) is 20.3 Å². The molecule has 0 aromatic heterocycles. The van der Waals surface area contributed by atoms with E-state index in [1.165, 1.54) is 18.2 Å². The van der Waals surface area contributed by atoms with Gasteiger partial charge in [0.05, 0.1) is 4.47 Å². The number of rotatable bonds is 3. The van der Waals surface area contributed by atoms with Crippen LogP contribution >= 0.6 is 15.9 Å². The Balaban J connectivity index is 1.93. The molecule has 0 spiro atoms. The van der Waals surface area contributed by atoms with Crippen LogP contribution in [-0.4, -0.2) is 36.5 Å². The quantitative estimate of drug-likeness (QED) is 0.903. The molecule has 1 unspecified atom stereocenters. The van der Waals surface area contributed by atoms with Crippen LogP contribution < -0.4 is 10.5 Å². The monoisotopic (exact) mass is 358 g/mol. The summed E-state index contributed by atoms with van der Waals surface area (Å²) in [6.45, 7) is 5.34. The summed E-state index contributed by atoms with van der Waals surface area (Å²) in [7, 11) is 0. The Labute approximate surface area is 132 Å². The molecule has 0 aliphatic carbocycles. The number of hydrogen-bond donors (Lipinski definition) is 1. The predicted octanol–water partition coefficient (Wildman–Crippen LogP) is 2.55. The SMILES string of the molecule is CC1(C)CN(C(=O)COc2ccc(F)cc2Br)CCC1N. The highest BCUT2D eigenvalue weighted by Gasteiger charge is 2.35.